The molecule has 2 aliphatic rings. The van der Waals surface area contributed by atoms with Crippen LogP contribution in [0.5, 0.6) is 0 Å². The first-order chi connectivity index (χ1) is 15.0. The molecule has 0 N–H and O–H groups in total. The molecule has 0 saturated carbocycles. The SMILES string of the molecule is Cc1noc(C)c1Cc1ccc(C(=O)N(CCCN2CCCC2=O)C2CCOCC2)o1. The van der Waals surface area contributed by atoms with Gasteiger partial charge in [-0.1, -0.05) is 5.16 Å². The largest absolute Gasteiger partial charge is 0.456 e. The minimum atomic E-state index is -0.0929. The molecule has 2 aromatic rings. The van der Waals surface area contributed by atoms with Gasteiger partial charge < -0.3 is 23.5 Å². The molecule has 2 amide bonds. The van der Waals surface area contributed by atoms with Crippen molar-refractivity contribution in [3.05, 3.63) is 40.7 Å². The van der Waals surface area contributed by atoms with Crippen molar-refractivity contribution < 1.29 is 23.3 Å². The Bertz CT molecular complexity index is 893. The molecular weight excluding hydrogens is 398 g/mol. The van der Waals surface area contributed by atoms with Crippen molar-refractivity contribution in [3.63, 3.8) is 0 Å². The van der Waals surface area contributed by atoms with Gasteiger partial charge in [-0.25, -0.2) is 0 Å². The van der Waals surface area contributed by atoms with E-state index in [1.54, 1.807) is 6.07 Å². The maximum Gasteiger partial charge on any atom is 0.289 e. The van der Waals surface area contributed by atoms with Crippen LogP contribution in [0.4, 0.5) is 0 Å². The first-order valence-corrected chi connectivity index (χ1v) is 11.2. The normalized spacial score (nSPS) is 17.5. The van der Waals surface area contributed by atoms with E-state index in [4.69, 9.17) is 13.7 Å². The van der Waals surface area contributed by atoms with E-state index in [9.17, 15) is 9.59 Å². The number of carbonyl (C=O) groups is 2. The van der Waals surface area contributed by atoms with Crippen molar-refractivity contribution >= 4 is 11.8 Å². The molecule has 2 fully saturated rings. The van der Waals surface area contributed by atoms with Gasteiger partial charge >= 0.3 is 0 Å². The van der Waals surface area contributed by atoms with Crippen LogP contribution in [0.1, 0.15) is 65.4 Å². The number of ether oxygens (including phenoxy) is 1. The number of furan rings is 1. The van der Waals surface area contributed by atoms with Crippen molar-refractivity contribution in [2.75, 3.05) is 32.8 Å². The second kappa shape index (κ2) is 9.68. The fraction of sp³-hybridized carbons (Fsp3) is 0.609. The van der Waals surface area contributed by atoms with Crippen molar-refractivity contribution in [1.82, 2.24) is 15.0 Å². The van der Waals surface area contributed by atoms with E-state index in [1.807, 2.05) is 29.7 Å². The molecule has 0 radical (unpaired) electrons. The van der Waals surface area contributed by atoms with E-state index in [-0.39, 0.29) is 17.9 Å². The van der Waals surface area contributed by atoms with Crippen molar-refractivity contribution in [2.45, 2.75) is 58.4 Å². The summed E-state index contributed by atoms with van der Waals surface area (Å²) in [5, 5.41) is 3.98. The Kier molecular flexibility index (Phi) is 6.75. The smallest absolute Gasteiger partial charge is 0.289 e. The van der Waals surface area contributed by atoms with Crippen molar-refractivity contribution in [3.8, 4) is 0 Å². The Morgan fingerprint density at radius 1 is 1.26 bits per heavy atom. The molecule has 2 saturated heterocycles. The van der Waals surface area contributed by atoms with Gasteiger partial charge in [0.15, 0.2) is 5.76 Å². The van der Waals surface area contributed by atoms with Crippen LogP contribution in [0.2, 0.25) is 0 Å². The summed E-state index contributed by atoms with van der Waals surface area (Å²) >= 11 is 0. The van der Waals surface area contributed by atoms with Gasteiger partial charge in [-0.05, 0) is 51.7 Å². The zero-order chi connectivity index (χ0) is 21.8. The molecule has 2 aromatic heterocycles. The summed E-state index contributed by atoms with van der Waals surface area (Å²) in [7, 11) is 0. The minimum absolute atomic E-state index is 0.0929. The van der Waals surface area contributed by atoms with Crippen LogP contribution in [0.3, 0.4) is 0 Å². The summed E-state index contributed by atoms with van der Waals surface area (Å²) in [6.45, 7) is 7.23. The number of aryl methyl sites for hydroxylation is 2. The summed E-state index contributed by atoms with van der Waals surface area (Å²) in [5.41, 5.74) is 1.83. The van der Waals surface area contributed by atoms with E-state index >= 15 is 0 Å². The first-order valence-electron chi connectivity index (χ1n) is 11.2. The molecule has 0 spiro atoms. The molecule has 0 aromatic carbocycles. The van der Waals surface area contributed by atoms with Gasteiger partial charge in [-0.2, -0.15) is 0 Å². The van der Waals surface area contributed by atoms with Crippen LogP contribution in [0.15, 0.2) is 21.1 Å². The zero-order valence-corrected chi connectivity index (χ0v) is 18.4. The van der Waals surface area contributed by atoms with Crippen LogP contribution >= 0.6 is 0 Å². The Labute approximate surface area is 182 Å². The highest BCUT2D eigenvalue weighted by Crippen LogP contribution is 2.23. The van der Waals surface area contributed by atoms with E-state index < -0.39 is 0 Å². The predicted molar refractivity (Wildman–Crippen MR) is 113 cm³/mol. The third-order valence-corrected chi connectivity index (χ3v) is 6.30. The average Bonchev–Trinajstić information content (AvgIpc) is 3.49. The highest BCUT2D eigenvalue weighted by molar-refractivity contribution is 5.91. The van der Waals surface area contributed by atoms with Gasteiger partial charge in [0.25, 0.3) is 5.91 Å². The Morgan fingerprint density at radius 2 is 2.06 bits per heavy atom. The summed E-state index contributed by atoms with van der Waals surface area (Å²) in [5.74, 6) is 1.96. The lowest BCUT2D eigenvalue weighted by Crippen LogP contribution is -2.44. The number of amides is 2. The second-order valence-electron chi connectivity index (χ2n) is 8.43. The Hall–Kier alpha value is -2.61. The predicted octanol–water partition coefficient (Wildman–Crippen LogP) is 3.11. The maximum atomic E-state index is 13.4. The molecule has 8 heteroatoms. The third kappa shape index (κ3) is 5.01. The summed E-state index contributed by atoms with van der Waals surface area (Å²) in [6, 6.07) is 3.74. The molecule has 4 heterocycles. The molecule has 8 nitrogen and oxygen atoms in total. The number of hydrogen-bond acceptors (Lipinski definition) is 6. The zero-order valence-electron chi connectivity index (χ0n) is 18.4. The number of hydrogen-bond donors (Lipinski definition) is 0. The molecule has 2 aliphatic heterocycles. The first kappa shape index (κ1) is 21.6. The molecule has 0 unspecified atom stereocenters. The van der Waals surface area contributed by atoms with Gasteiger partial charge in [0.2, 0.25) is 5.91 Å². The maximum absolute atomic E-state index is 13.4. The standard InChI is InChI=1S/C23H31N3O5/c1-16-20(17(2)31-24-16)15-19-6-7-21(30-19)23(28)26(18-8-13-29-14-9-18)12-4-11-25-10-3-5-22(25)27/h6-7,18H,3-5,8-15H2,1-2H3. The molecule has 0 aliphatic carbocycles. The fourth-order valence-corrected chi connectivity index (χ4v) is 4.48. The van der Waals surface area contributed by atoms with Gasteiger partial charge in [0.05, 0.1) is 5.69 Å². The number of likely N-dealkylation sites (tertiary alicyclic amines) is 1. The third-order valence-electron chi connectivity index (χ3n) is 6.30. The van der Waals surface area contributed by atoms with E-state index in [0.717, 1.165) is 49.2 Å². The summed E-state index contributed by atoms with van der Waals surface area (Å²) in [4.78, 5) is 29.1. The lowest BCUT2D eigenvalue weighted by Gasteiger charge is -2.34. The fourth-order valence-electron chi connectivity index (χ4n) is 4.48. The van der Waals surface area contributed by atoms with Gasteiger partial charge in [-0.3, -0.25) is 9.59 Å². The van der Waals surface area contributed by atoms with Gasteiger partial charge in [-0.15, -0.1) is 0 Å². The number of carbonyl (C=O) groups excluding carboxylic acids is 2. The quantitative estimate of drug-likeness (QED) is 0.641. The molecule has 0 atom stereocenters. The van der Waals surface area contributed by atoms with Crippen LogP contribution in [-0.2, 0) is 16.0 Å². The monoisotopic (exact) mass is 429 g/mol. The molecule has 31 heavy (non-hydrogen) atoms. The Morgan fingerprint density at radius 3 is 2.74 bits per heavy atom. The molecule has 168 valence electrons. The topological polar surface area (TPSA) is 89.0 Å². The second-order valence-corrected chi connectivity index (χ2v) is 8.43. The Balaban J connectivity index is 1.43. The van der Waals surface area contributed by atoms with Crippen LogP contribution in [0.25, 0.3) is 0 Å². The van der Waals surface area contributed by atoms with Crippen molar-refractivity contribution in [1.29, 1.82) is 0 Å². The van der Waals surface area contributed by atoms with Gasteiger partial charge in [0.1, 0.15) is 11.5 Å². The average molecular weight is 430 g/mol. The van der Waals surface area contributed by atoms with Crippen LogP contribution in [0, 0.1) is 13.8 Å². The van der Waals surface area contributed by atoms with Crippen LogP contribution < -0.4 is 0 Å². The van der Waals surface area contributed by atoms with Crippen molar-refractivity contribution in [2.24, 2.45) is 0 Å². The van der Waals surface area contributed by atoms with E-state index in [1.165, 1.54) is 0 Å². The van der Waals surface area contributed by atoms with Gasteiger partial charge in [0, 0.05) is 57.3 Å². The number of nitrogens with zero attached hydrogens (tertiary/aromatic N) is 3. The van der Waals surface area contributed by atoms with Crippen LogP contribution in [-0.4, -0.2) is 65.7 Å². The number of aromatic nitrogens is 1. The van der Waals surface area contributed by atoms with E-state index in [2.05, 4.69) is 5.16 Å². The molecule has 0 bridgehead atoms. The summed E-state index contributed by atoms with van der Waals surface area (Å²) in [6.07, 6.45) is 4.52. The molecule has 4 rings (SSSR count). The summed E-state index contributed by atoms with van der Waals surface area (Å²) < 4.78 is 16.7. The van der Waals surface area contributed by atoms with E-state index in [0.29, 0.717) is 50.7 Å². The lowest BCUT2D eigenvalue weighted by molar-refractivity contribution is -0.127. The number of rotatable bonds is 8. The molecular formula is C23H31N3O5. The highest BCUT2D eigenvalue weighted by Gasteiger charge is 2.29. The highest BCUT2D eigenvalue weighted by atomic mass is 16.5. The lowest BCUT2D eigenvalue weighted by atomic mass is 10.1. The minimum Gasteiger partial charge on any atom is -0.456 e.